The van der Waals surface area contributed by atoms with Crippen LogP contribution >= 0.6 is 0 Å². The minimum absolute atomic E-state index is 0.694. The number of likely N-dealkylation sites (tertiary alicyclic amines) is 1. The molecule has 1 saturated heterocycles. The molecule has 2 unspecified atom stereocenters. The Kier molecular flexibility index (Phi) is 6.37. The van der Waals surface area contributed by atoms with Crippen molar-refractivity contribution in [2.75, 3.05) is 19.6 Å². The van der Waals surface area contributed by atoms with Crippen LogP contribution in [0.4, 0.5) is 0 Å². The number of rotatable bonds is 6. The van der Waals surface area contributed by atoms with Crippen LogP contribution < -0.4 is 5.32 Å². The van der Waals surface area contributed by atoms with Crippen molar-refractivity contribution in [3.63, 3.8) is 0 Å². The molecule has 2 atom stereocenters. The van der Waals surface area contributed by atoms with E-state index in [9.17, 15) is 0 Å². The molecule has 0 aromatic heterocycles. The van der Waals surface area contributed by atoms with Gasteiger partial charge in [-0.1, -0.05) is 13.3 Å². The normalized spacial score (nSPS) is 24.9. The molecule has 0 aromatic rings. The quantitative estimate of drug-likeness (QED) is 0.749. The highest BCUT2D eigenvalue weighted by molar-refractivity contribution is 4.77. The summed E-state index contributed by atoms with van der Waals surface area (Å²) in [6.07, 6.45) is 5.39. The Morgan fingerprint density at radius 3 is 2.69 bits per heavy atom. The lowest BCUT2D eigenvalue weighted by atomic mass is 9.96. The van der Waals surface area contributed by atoms with Crippen molar-refractivity contribution in [3.8, 4) is 0 Å². The van der Waals surface area contributed by atoms with Crippen LogP contribution in [0.25, 0.3) is 0 Å². The van der Waals surface area contributed by atoms with Gasteiger partial charge < -0.3 is 10.2 Å². The van der Waals surface area contributed by atoms with E-state index in [4.69, 9.17) is 0 Å². The highest BCUT2D eigenvalue weighted by Gasteiger charge is 2.21. The molecule has 2 heteroatoms. The summed E-state index contributed by atoms with van der Waals surface area (Å²) in [5.41, 5.74) is 0. The third-order valence-corrected chi connectivity index (χ3v) is 3.76. The van der Waals surface area contributed by atoms with Gasteiger partial charge in [-0.2, -0.15) is 0 Å². The van der Waals surface area contributed by atoms with E-state index in [1.807, 2.05) is 0 Å². The molecular formula is C14H30N2. The van der Waals surface area contributed by atoms with Crippen LogP contribution in [0, 0.1) is 5.92 Å². The van der Waals surface area contributed by atoms with Crippen molar-refractivity contribution in [2.24, 2.45) is 5.92 Å². The fraction of sp³-hybridized carbons (Fsp3) is 1.00. The zero-order valence-electron chi connectivity index (χ0n) is 11.6. The Bertz CT molecular complexity index is 180. The monoisotopic (exact) mass is 226 g/mol. The average Bonchev–Trinajstić information content (AvgIpc) is 2.27. The van der Waals surface area contributed by atoms with Gasteiger partial charge in [-0.15, -0.1) is 0 Å². The van der Waals surface area contributed by atoms with Gasteiger partial charge in [0.25, 0.3) is 0 Å². The first-order valence-corrected chi connectivity index (χ1v) is 7.11. The van der Waals surface area contributed by atoms with Crippen molar-refractivity contribution in [3.05, 3.63) is 0 Å². The third-order valence-electron chi connectivity index (χ3n) is 3.76. The molecule has 0 amide bonds. The largest absolute Gasteiger partial charge is 0.314 e. The van der Waals surface area contributed by atoms with Crippen molar-refractivity contribution in [1.29, 1.82) is 0 Å². The van der Waals surface area contributed by atoms with Crippen molar-refractivity contribution < 1.29 is 0 Å². The molecular weight excluding hydrogens is 196 g/mol. The Labute approximate surface area is 102 Å². The third kappa shape index (κ3) is 4.84. The molecule has 1 aliphatic rings. The maximum Gasteiger partial charge on any atom is 0.00387 e. The summed E-state index contributed by atoms with van der Waals surface area (Å²) in [4.78, 5) is 2.63. The van der Waals surface area contributed by atoms with E-state index in [2.05, 4.69) is 37.9 Å². The van der Waals surface area contributed by atoms with E-state index >= 15 is 0 Å². The number of nitrogens with zero attached hydrogens (tertiary/aromatic N) is 1. The van der Waals surface area contributed by atoms with E-state index in [1.54, 1.807) is 0 Å². The minimum Gasteiger partial charge on any atom is -0.314 e. The molecule has 0 saturated carbocycles. The van der Waals surface area contributed by atoms with Gasteiger partial charge >= 0.3 is 0 Å². The summed E-state index contributed by atoms with van der Waals surface area (Å²) in [6, 6.07) is 1.41. The molecule has 0 spiro atoms. The Morgan fingerprint density at radius 2 is 2.06 bits per heavy atom. The van der Waals surface area contributed by atoms with E-state index in [1.165, 1.54) is 45.3 Å². The highest BCUT2D eigenvalue weighted by Crippen LogP contribution is 2.17. The molecule has 16 heavy (non-hydrogen) atoms. The topological polar surface area (TPSA) is 15.3 Å². The van der Waals surface area contributed by atoms with E-state index in [0.29, 0.717) is 6.04 Å². The first-order valence-electron chi connectivity index (χ1n) is 7.11. The molecule has 0 bridgehead atoms. The lowest BCUT2D eigenvalue weighted by Crippen LogP contribution is -2.44. The maximum absolute atomic E-state index is 3.69. The van der Waals surface area contributed by atoms with Crippen LogP contribution in [-0.4, -0.2) is 36.6 Å². The summed E-state index contributed by atoms with van der Waals surface area (Å²) >= 11 is 0. The van der Waals surface area contributed by atoms with Crippen molar-refractivity contribution in [2.45, 2.75) is 65.5 Å². The maximum atomic E-state index is 3.69. The summed E-state index contributed by atoms with van der Waals surface area (Å²) in [6.45, 7) is 13.0. The van der Waals surface area contributed by atoms with Gasteiger partial charge in [0.05, 0.1) is 0 Å². The Balaban J connectivity index is 2.21. The van der Waals surface area contributed by atoms with E-state index in [-0.39, 0.29) is 0 Å². The molecule has 0 aromatic carbocycles. The first kappa shape index (κ1) is 14.0. The Hall–Kier alpha value is -0.0800. The SMILES string of the molecule is CCCC(C)NCC1CCCN(C(C)C)C1. The lowest BCUT2D eigenvalue weighted by Gasteiger charge is -2.36. The second kappa shape index (κ2) is 7.29. The predicted octanol–water partition coefficient (Wildman–Crippen LogP) is 2.89. The predicted molar refractivity (Wildman–Crippen MR) is 71.8 cm³/mol. The van der Waals surface area contributed by atoms with Gasteiger partial charge in [-0.25, -0.2) is 0 Å². The van der Waals surface area contributed by atoms with Crippen LogP contribution in [0.1, 0.15) is 53.4 Å². The number of piperidine rings is 1. The van der Waals surface area contributed by atoms with Crippen LogP contribution in [0.5, 0.6) is 0 Å². The molecule has 96 valence electrons. The second-order valence-electron chi connectivity index (χ2n) is 5.69. The van der Waals surface area contributed by atoms with Gasteiger partial charge in [0.2, 0.25) is 0 Å². The fourth-order valence-corrected chi connectivity index (χ4v) is 2.64. The molecule has 1 fully saturated rings. The van der Waals surface area contributed by atoms with Gasteiger partial charge in [0, 0.05) is 18.6 Å². The summed E-state index contributed by atoms with van der Waals surface area (Å²) in [5.74, 6) is 0.871. The zero-order valence-corrected chi connectivity index (χ0v) is 11.6. The lowest BCUT2D eigenvalue weighted by molar-refractivity contribution is 0.137. The standard InChI is InChI=1S/C14H30N2/c1-5-7-13(4)15-10-14-8-6-9-16(11-14)12(2)3/h12-15H,5-11H2,1-4H3. The van der Waals surface area contributed by atoms with Crippen LogP contribution in [0.2, 0.25) is 0 Å². The number of hydrogen-bond donors (Lipinski definition) is 1. The molecule has 1 rings (SSSR count). The summed E-state index contributed by atoms with van der Waals surface area (Å²) < 4.78 is 0. The fourth-order valence-electron chi connectivity index (χ4n) is 2.64. The van der Waals surface area contributed by atoms with Crippen LogP contribution in [0.3, 0.4) is 0 Å². The molecule has 1 N–H and O–H groups in total. The Morgan fingerprint density at radius 1 is 1.31 bits per heavy atom. The summed E-state index contributed by atoms with van der Waals surface area (Å²) in [7, 11) is 0. The smallest absolute Gasteiger partial charge is 0.00387 e. The molecule has 0 aliphatic carbocycles. The van der Waals surface area contributed by atoms with Crippen LogP contribution in [-0.2, 0) is 0 Å². The van der Waals surface area contributed by atoms with Crippen LogP contribution in [0.15, 0.2) is 0 Å². The summed E-state index contributed by atoms with van der Waals surface area (Å²) in [5, 5.41) is 3.69. The average molecular weight is 226 g/mol. The van der Waals surface area contributed by atoms with Gasteiger partial charge in [0.1, 0.15) is 0 Å². The van der Waals surface area contributed by atoms with E-state index in [0.717, 1.165) is 12.0 Å². The van der Waals surface area contributed by atoms with Gasteiger partial charge in [-0.05, 0) is 59.0 Å². The van der Waals surface area contributed by atoms with Gasteiger partial charge in [-0.3, -0.25) is 0 Å². The molecule has 2 nitrogen and oxygen atoms in total. The van der Waals surface area contributed by atoms with E-state index < -0.39 is 0 Å². The highest BCUT2D eigenvalue weighted by atomic mass is 15.2. The molecule has 0 radical (unpaired) electrons. The molecule has 1 aliphatic heterocycles. The number of hydrogen-bond acceptors (Lipinski definition) is 2. The first-order chi connectivity index (χ1) is 7.63. The van der Waals surface area contributed by atoms with Crippen molar-refractivity contribution >= 4 is 0 Å². The zero-order chi connectivity index (χ0) is 12.0. The molecule has 1 heterocycles. The minimum atomic E-state index is 0.694. The number of nitrogens with one attached hydrogen (secondary N) is 1. The second-order valence-corrected chi connectivity index (χ2v) is 5.69. The van der Waals surface area contributed by atoms with Gasteiger partial charge in [0.15, 0.2) is 0 Å². The van der Waals surface area contributed by atoms with Crippen molar-refractivity contribution in [1.82, 2.24) is 10.2 Å².